The lowest BCUT2D eigenvalue weighted by Gasteiger charge is -2.15. The van der Waals surface area contributed by atoms with Crippen molar-refractivity contribution < 1.29 is 23.9 Å². The number of carboxylic acid groups (broad SMARTS) is 1. The SMILES string of the molecule is O=C(O)CC(NC(=O)Cn1c(=O)ccc2ccccc21)C(=O)CF. The van der Waals surface area contributed by atoms with Crippen LogP contribution in [0.1, 0.15) is 6.42 Å². The van der Waals surface area contributed by atoms with Gasteiger partial charge < -0.3 is 10.4 Å². The summed E-state index contributed by atoms with van der Waals surface area (Å²) in [4.78, 5) is 46.2. The van der Waals surface area contributed by atoms with Crippen molar-refractivity contribution in [2.24, 2.45) is 0 Å². The number of rotatable bonds is 7. The molecule has 1 amide bonds. The predicted octanol–water partition coefficient (Wildman–Crippen LogP) is 0.500. The summed E-state index contributed by atoms with van der Waals surface area (Å²) >= 11 is 0. The molecular weight excluding hydrogens is 319 g/mol. The Bertz CT molecular complexity index is 846. The number of pyridine rings is 1. The number of benzene rings is 1. The molecule has 0 radical (unpaired) electrons. The number of aromatic nitrogens is 1. The van der Waals surface area contributed by atoms with Crippen LogP contribution in [0.4, 0.5) is 4.39 Å². The maximum absolute atomic E-state index is 12.5. The number of carbonyl (C=O) groups excluding carboxylic acids is 2. The summed E-state index contributed by atoms with van der Waals surface area (Å²) in [5.74, 6) is -3.12. The molecule has 24 heavy (non-hydrogen) atoms. The quantitative estimate of drug-likeness (QED) is 0.767. The zero-order valence-corrected chi connectivity index (χ0v) is 12.6. The van der Waals surface area contributed by atoms with Crippen LogP contribution in [0, 0.1) is 0 Å². The molecule has 8 heteroatoms. The van der Waals surface area contributed by atoms with E-state index < -0.39 is 48.9 Å². The Balaban J connectivity index is 2.23. The number of alkyl halides is 1. The minimum atomic E-state index is -1.47. The summed E-state index contributed by atoms with van der Waals surface area (Å²) in [6.07, 6.45) is -0.723. The Hall–Kier alpha value is -3.03. The minimum absolute atomic E-state index is 0.407. The molecule has 7 nitrogen and oxygen atoms in total. The Morgan fingerprint density at radius 3 is 2.54 bits per heavy atom. The second-order valence-corrected chi connectivity index (χ2v) is 5.13. The second-order valence-electron chi connectivity index (χ2n) is 5.13. The van der Waals surface area contributed by atoms with Crippen molar-refractivity contribution in [2.45, 2.75) is 19.0 Å². The number of carboxylic acids is 1. The van der Waals surface area contributed by atoms with Gasteiger partial charge in [-0.3, -0.25) is 23.7 Å². The molecule has 0 fully saturated rings. The Labute approximate surface area is 135 Å². The number of amides is 1. The molecule has 126 valence electrons. The van der Waals surface area contributed by atoms with Crippen molar-refractivity contribution in [2.75, 3.05) is 6.67 Å². The number of hydrogen-bond acceptors (Lipinski definition) is 4. The maximum atomic E-state index is 12.5. The highest BCUT2D eigenvalue weighted by Crippen LogP contribution is 2.10. The summed E-state index contributed by atoms with van der Waals surface area (Å²) in [6, 6.07) is 8.36. The molecule has 2 N–H and O–H groups in total. The zero-order chi connectivity index (χ0) is 17.7. The first kappa shape index (κ1) is 17.3. The molecule has 1 atom stereocenters. The molecule has 0 saturated carbocycles. The van der Waals surface area contributed by atoms with E-state index in [2.05, 4.69) is 5.32 Å². The van der Waals surface area contributed by atoms with Gasteiger partial charge >= 0.3 is 5.97 Å². The first-order chi connectivity index (χ1) is 11.4. The number of nitrogens with one attached hydrogen (secondary N) is 1. The third kappa shape index (κ3) is 4.03. The van der Waals surface area contributed by atoms with Gasteiger partial charge in [0.1, 0.15) is 19.3 Å². The Kier molecular flexibility index (Phi) is 5.41. The van der Waals surface area contributed by atoms with E-state index in [9.17, 15) is 23.6 Å². The normalized spacial score (nSPS) is 11.9. The summed E-state index contributed by atoms with van der Waals surface area (Å²) in [5.41, 5.74) is 0.0993. The summed E-state index contributed by atoms with van der Waals surface area (Å²) in [6.45, 7) is -1.79. The number of fused-ring (bicyclic) bond motifs is 1. The van der Waals surface area contributed by atoms with E-state index >= 15 is 0 Å². The molecule has 1 unspecified atom stereocenters. The van der Waals surface area contributed by atoms with Crippen LogP contribution in [-0.4, -0.2) is 40.0 Å². The van der Waals surface area contributed by atoms with E-state index in [1.807, 2.05) is 0 Å². The van der Waals surface area contributed by atoms with Gasteiger partial charge in [0.25, 0.3) is 5.56 Å². The van der Waals surface area contributed by atoms with Gasteiger partial charge in [-0.25, -0.2) is 4.39 Å². The van der Waals surface area contributed by atoms with Crippen LogP contribution < -0.4 is 10.9 Å². The van der Waals surface area contributed by atoms with Crippen LogP contribution in [0.3, 0.4) is 0 Å². The maximum Gasteiger partial charge on any atom is 0.305 e. The fraction of sp³-hybridized carbons (Fsp3) is 0.250. The molecule has 0 aliphatic carbocycles. The fourth-order valence-electron chi connectivity index (χ4n) is 2.30. The van der Waals surface area contributed by atoms with Gasteiger partial charge in [-0.2, -0.15) is 0 Å². The molecule has 2 aromatic rings. The highest BCUT2D eigenvalue weighted by atomic mass is 19.1. The fourth-order valence-corrected chi connectivity index (χ4v) is 2.30. The van der Waals surface area contributed by atoms with E-state index in [1.54, 1.807) is 30.3 Å². The molecule has 0 aliphatic rings. The first-order valence-electron chi connectivity index (χ1n) is 7.11. The third-order valence-corrected chi connectivity index (χ3v) is 3.44. The monoisotopic (exact) mass is 334 g/mol. The highest BCUT2D eigenvalue weighted by molar-refractivity contribution is 5.92. The minimum Gasteiger partial charge on any atom is -0.481 e. The van der Waals surface area contributed by atoms with Gasteiger partial charge in [-0.05, 0) is 17.5 Å². The van der Waals surface area contributed by atoms with Crippen LogP contribution in [0.15, 0.2) is 41.2 Å². The third-order valence-electron chi connectivity index (χ3n) is 3.44. The Morgan fingerprint density at radius 1 is 1.17 bits per heavy atom. The van der Waals surface area contributed by atoms with Crippen LogP contribution >= 0.6 is 0 Å². The van der Waals surface area contributed by atoms with Gasteiger partial charge in [-0.15, -0.1) is 0 Å². The molecule has 1 heterocycles. The van der Waals surface area contributed by atoms with E-state index in [-0.39, 0.29) is 0 Å². The highest BCUT2D eigenvalue weighted by Gasteiger charge is 2.23. The van der Waals surface area contributed by atoms with Gasteiger partial charge in [0.15, 0.2) is 5.78 Å². The van der Waals surface area contributed by atoms with Crippen molar-refractivity contribution in [3.63, 3.8) is 0 Å². The van der Waals surface area contributed by atoms with Crippen molar-refractivity contribution in [3.8, 4) is 0 Å². The molecular formula is C16H15FN2O5. The lowest BCUT2D eigenvalue weighted by atomic mass is 10.1. The summed E-state index contributed by atoms with van der Waals surface area (Å²) < 4.78 is 13.7. The molecule has 0 aliphatic heterocycles. The number of Topliss-reactive ketones (excluding diaryl/α,β-unsaturated/α-hetero) is 1. The predicted molar refractivity (Wildman–Crippen MR) is 83.4 cm³/mol. The number of hydrogen-bond donors (Lipinski definition) is 2. The van der Waals surface area contributed by atoms with Crippen molar-refractivity contribution in [1.82, 2.24) is 9.88 Å². The van der Waals surface area contributed by atoms with Crippen LogP contribution in [0.5, 0.6) is 0 Å². The van der Waals surface area contributed by atoms with E-state index in [1.165, 1.54) is 10.6 Å². The number of aliphatic carboxylic acids is 1. The van der Waals surface area contributed by atoms with Gasteiger partial charge in [0.05, 0.1) is 11.9 Å². The number of para-hydroxylation sites is 1. The number of ketones is 1. The lowest BCUT2D eigenvalue weighted by molar-refractivity contribution is -0.140. The van der Waals surface area contributed by atoms with Crippen LogP contribution in [0.25, 0.3) is 10.9 Å². The lowest BCUT2D eigenvalue weighted by Crippen LogP contribution is -2.45. The average Bonchev–Trinajstić information content (AvgIpc) is 2.55. The van der Waals surface area contributed by atoms with E-state index in [4.69, 9.17) is 5.11 Å². The van der Waals surface area contributed by atoms with Crippen molar-refractivity contribution in [3.05, 3.63) is 46.8 Å². The number of nitrogens with zero attached hydrogens (tertiary/aromatic N) is 1. The molecule has 0 saturated heterocycles. The van der Waals surface area contributed by atoms with Crippen molar-refractivity contribution in [1.29, 1.82) is 0 Å². The molecule has 0 spiro atoms. The second kappa shape index (κ2) is 7.49. The average molecular weight is 334 g/mol. The van der Waals surface area contributed by atoms with Crippen LogP contribution in [-0.2, 0) is 20.9 Å². The first-order valence-corrected chi connectivity index (χ1v) is 7.11. The molecule has 1 aromatic heterocycles. The number of halogens is 1. The zero-order valence-electron chi connectivity index (χ0n) is 12.6. The summed E-state index contributed by atoms with van der Waals surface area (Å²) in [7, 11) is 0. The Morgan fingerprint density at radius 2 is 1.88 bits per heavy atom. The molecule has 0 bridgehead atoms. The van der Waals surface area contributed by atoms with Gasteiger partial charge in [0.2, 0.25) is 5.91 Å². The molecule has 1 aromatic carbocycles. The molecule has 2 rings (SSSR count). The largest absolute Gasteiger partial charge is 0.481 e. The number of carbonyl (C=O) groups is 3. The van der Waals surface area contributed by atoms with Gasteiger partial charge in [-0.1, -0.05) is 18.2 Å². The topological polar surface area (TPSA) is 105 Å². The van der Waals surface area contributed by atoms with Gasteiger partial charge in [0, 0.05) is 6.07 Å². The standard InChI is InChI=1S/C16H15FN2O5/c17-8-13(20)11(7-16(23)24)18-14(21)9-19-12-4-2-1-3-10(12)5-6-15(19)22/h1-6,11H,7-9H2,(H,18,21)(H,23,24). The van der Waals surface area contributed by atoms with E-state index in [0.717, 1.165) is 5.39 Å². The van der Waals surface area contributed by atoms with Crippen molar-refractivity contribution >= 4 is 28.6 Å². The van der Waals surface area contributed by atoms with E-state index in [0.29, 0.717) is 5.52 Å². The summed E-state index contributed by atoms with van der Waals surface area (Å²) in [5, 5.41) is 11.6. The smallest absolute Gasteiger partial charge is 0.305 e. The van der Waals surface area contributed by atoms with Crippen LogP contribution in [0.2, 0.25) is 0 Å².